The zero-order chi connectivity index (χ0) is 14.5. The quantitative estimate of drug-likeness (QED) is 0.482. The first-order valence-electron chi connectivity index (χ1n) is 5.94. The highest BCUT2D eigenvalue weighted by atomic mass is 16.6. The van der Waals surface area contributed by atoms with Crippen LogP contribution in [0.1, 0.15) is 25.3 Å². The first-order valence-corrected chi connectivity index (χ1v) is 5.94. The van der Waals surface area contributed by atoms with E-state index in [0.29, 0.717) is 25.2 Å². The third-order valence-corrected chi connectivity index (χ3v) is 2.74. The third kappa shape index (κ3) is 4.56. The molecule has 0 aliphatic carbocycles. The van der Waals surface area contributed by atoms with E-state index in [9.17, 15) is 10.1 Å². The molecule has 0 amide bonds. The average molecular weight is 263 g/mol. The van der Waals surface area contributed by atoms with Gasteiger partial charge < -0.3 is 10.5 Å². The van der Waals surface area contributed by atoms with Gasteiger partial charge in [-0.3, -0.25) is 10.1 Å². The molecule has 0 saturated carbocycles. The van der Waals surface area contributed by atoms with Gasteiger partial charge in [0.25, 0.3) is 5.69 Å². The zero-order valence-corrected chi connectivity index (χ0v) is 11.0. The van der Waals surface area contributed by atoms with Crippen LogP contribution in [-0.4, -0.2) is 17.1 Å². The Balaban J connectivity index is 2.56. The molecule has 0 aliphatic rings. The third-order valence-electron chi connectivity index (χ3n) is 2.74. The van der Waals surface area contributed by atoms with Crippen LogP contribution >= 0.6 is 0 Å². The van der Waals surface area contributed by atoms with Gasteiger partial charge in [-0.2, -0.15) is 5.26 Å². The molecule has 2 N–H and O–H groups in total. The largest absolute Gasteiger partial charge is 0.493 e. The topological polar surface area (TPSA) is 102 Å². The molecule has 6 nitrogen and oxygen atoms in total. The Morgan fingerprint density at radius 1 is 1.58 bits per heavy atom. The summed E-state index contributed by atoms with van der Waals surface area (Å²) in [5, 5.41) is 19.4. The molecule has 0 radical (unpaired) electrons. The summed E-state index contributed by atoms with van der Waals surface area (Å²) < 4.78 is 5.50. The van der Waals surface area contributed by atoms with Crippen LogP contribution in [0.25, 0.3) is 0 Å². The van der Waals surface area contributed by atoms with Crippen molar-refractivity contribution in [2.24, 2.45) is 5.73 Å². The van der Waals surface area contributed by atoms with Crippen LogP contribution in [0.3, 0.4) is 0 Å². The number of ether oxygens (including phenoxy) is 1. The summed E-state index contributed by atoms with van der Waals surface area (Å²) in [5.74, 6) is 0.491. The predicted octanol–water partition coefficient (Wildman–Crippen LogP) is 2.30. The highest BCUT2D eigenvalue weighted by Crippen LogP contribution is 2.24. The molecule has 102 valence electrons. The lowest BCUT2D eigenvalue weighted by Crippen LogP contribution is -2.34. The highest BCUT2D eigenvalue weighted by molar-refractivity contribution is 5.43. The van der Waals surface area contributed by atoms with Gasteiger partial charge in [-0.1, -0.05) is 0 Å². The van der Waals surface area contributed by atoms with Crippen molar-refractivity contribution in [1.82, 2.24) is 0 Å². The summed E-state index contributed by atoms with van der Waals surface area (Å²) in [5.41, 5.74) is 5.66. The standard InChI is InChI=1S/C13H17N3O3/c1-10-4-5-11(16(17)18)8-12(10)19-7-3-6-13(2,15)9-14/h4-5,8H,3,6-7,15H2,1-2H3. The fraction of sp³-hybridized carbons (Fsp3) is 0.462. The maximum atomic E-state index is 10.7. The molecule has 1 aromatic rings. The van der Waals surface area contributed by atoms with E-state index in [1.807, 2.05) is 13.0 Å². The minimum atomic E-state index is -0.860. The minimum absolute atomic E-state index is 0.00119. The second kappa shape index (κ2) is 6.16. The van der Waals surface area contributed by atoms with Gasteiger partial charge in [0.1, 0.15) is 11.3 Å². The molecular formula is C13H17N3O3. The van der Waals surface area contributed by atoms with E-state index in [4.69, 9.17) is 15.7 Å². The lowest BCUT2D eigenvalue weighted by molar-refractivity contribution is -0.384. The van der Waals surface area contributed by atoms with Gasteiger partial charge >= 0.3 is 0 Å². The number of hydrogen-bond acceptors (Lipinski definition) is 5. The van der Waals surface area contributed by atoms with Crippen molar-refractivity contribution in [3.8, 4) is 11.8 Å². The van der Waals surface area contributed by atoms with Gasteiger partial charge in [0, 0.05) is 6.07 Å². The number of benzene rings is 1. The Bertz CT molecular complexity index is 506. The molecule has 19 heavy (non-hydrogen) atoms. The van der Waals surface area contributed by atoms with E-state index in [1.165, 1.54) is 12.1 Å². The van der Waals surface area contributed by atoms with Crippen LogP contribution in [0.2, 0.25) is 0 Å². The number of nitriles is 1. The number of nitro benzene ring substituents is 1. The summed E-state index contributed by atoms with van der Waals surface area (Å²) in [6, 6.07) is 6.50. The lowest BCUT2D eigenvalue weighted by atomic mass is 10.00. The number of nitro groups is 1. The molecule has 1 atom stereocenters. The zero-order valence-electron chi connectivity index (χ0n) is 11.0. The molecular weight excluding hydrogens is 246 g/mol. The Hall–Kier alpha value is -2.13. The van der Waals surface area contributed by atoms with Crippen LogP contribution in [-0.2, 0) is 0 Å². The van der Waals surface area contributed by atoms with Crippen molar-refractivity contribution >= 4 is 5.69 Å². The van der Waals surface area contributed by atoms with Crippen LogP contribution < -0.4 is 10.5 Å². The van der Waals surface area contributed by atoms with Gasteiger partial charge in [0.05, 0.1) is 23.7 Å². The normalized spacial score (nSPS) is 13.4. The van der Waals surface area contributed by atoms with Gasteiger partial charge in [0.15, 0.2) is 0 Å². The van der Waals surface area contributed by atoms with Crippen molar-refractivity contribution in [2.75, 3.05) is 6.61 Å². The number of aryl methyl sites for hydroxylation is 1. The maximum Gasteiger partial charge on any atom is 0.273 e. The number of hydrogen-bond donors (Lipinski definition) is 1. The molecule has 6 heteroatoms. The van der Waals surface area contributed by atoms with Crippen LogP contribution in [0.4, 0.5) is 5.69 Å². The Morgan fingerprint density at radius 3 is 2.84 bits per heavy atom. The summed E-state index contributed by atoms with van der Waals surface area (Å²) in [7, 11) is 0. The van der Waals surface area contributed by atoms with Gasteiger partial charge in [-0.15, -0.1) is 0 Å². The first kappa shape index (κ1) is 14.9. The summed E-state index contributed by atoms with van der Waals surface area (Å²) >= 11 is 0. The molecule has 1 rings (SSSR count). The predicted molar refractivity (Wildman–Crippen MR) is 70.8 cm³/mol. The van der Waals surface area contributed by atoms with Crippen molar-refractivity contribution in [3.05, 3.63) is 33.9 Å². The monoisotopic (exact) mass is 263 g/mol. The van der Waals surface area contributed by atoms with Crippen molar-refractivity contribution < 1.29 is 9.66 Å². The Morgan fingerprint density at radius 2 is 2.26 bits per heavy atom. The molecule has 0 fully saturated rings. The van der Waals surface area contributed by atoms with E-state index >= 15 is 0 Å². The first-order chi connectivity index (χ1) is 8.85. The van der Waals surface area contributed by atoms with Crippen molar-refractivity contribution in [3.63, 3.8) is 0 Å². The maximum absolute atomic E-state index is 10.7. The number of nitrogens with zero attached hydrogens (tertiary/aromatic N) is 2. The van der Waals surface area contributed by atoms with E-state index < -0.39 is 10.5 Å². The molecule has 0 aliphatic heterocycles. The molecule has 1 unspecified atom stereocenters. The molecule has 0 heterocycles. The Labute approximate surface area is 111 Å². The smallest absolute Gasteiger partial charge is 0.273 e. The van der Waals surface area contributed by atoms with E-state index in [0.717, 1.165) is 5.56 Å². The lowest BCUT2D eigenvalue weighted by Gasteiger charge is -2.15. The van der Waals surface area contributed by atoms with Gasteiger partial charge in [0.2, 0.25) is 0 Å². The van der Waals surface area contributed by atoms with Crippen LogP contribution in [0.15, 0.2) is 18.2 Å². The number of nitrogens with two attached hydrogens (primary N) is 1. The molecule has 1 aromatic carbocycles. The van der Waals surface area contributed by atoms with Crippen LogP contribution in [0.5, 0.6) is 5.75 Å². The van der Waals surface area contributed by atoms with Crippen molar-refractivity contribution in [2.45, 2.75) is 32.2 Å². The number of non-ortho nitro benzene ring substituents is 1. The summed E-state index contributed by atoms with van der Waals surface area (Å²) in [6.07, 6.45) is 1.13. The summed E-state index contributed by atoms with van der Waals surface area (Å²) in [6.45, 7) is 3.85. The highest BCUT2D eigenvalue weighted by Gasteiger charge is 2.16. The number of rotatable bonds is 6. The van der Waals surface area contributed by atoms with E-state index in [-0.39, 0.29) is 5.69 Å². The fourth-order valence-electron chi connectivity index (χ4n) is 1.54. The second-order valence-electron chi connectivity index (χ2n) is 4.69. The summed E-state index contributed by atoms with van der Waals surface area (Å²) in [4.78, 5) is 10.2. The minimum Gasteiger partial charge on any atom is -0.493 e. The molecule has 0 spiro atoms. The molecule has 0 aromatic heterocycles. The SMILES string of the molecule is Cc1ccc([N+](=O)[O-])cc1OCCCC(C)(N)C#N. The van der Waals surface area contributed by atoms with Gasteiger partial charge in [-0.25, -0.2) is 0 Å². The van der Waals surface area contributed by atoms with Crippen LogP contribution in [0, 0.1) is 28.4 Å². The van der Waals surface area contributed by atoms with Crippen molar-refractivity contribution in [1.29, 1.82) is 5.26 Å². The van der Waals surface area contributed by atoms with Gasteiger partial charge in [-0.05, 0) is 38.3 Å². The average Bonchev–Trinajstić information content (AvgIpc) is 2.36. The Kier molecular flexibility index (Phi) is 4.84. The second-order valence-corrected chi connectivity index (χ2v) is 4.69. The molecule has 0 bridgehead atoms. The molecule has 0 saturated heterocycles. The van der Waals surface area contributed by atoms with E-state index in [2.05, 4.69) is 0 Å². The fourth-order valence-corrected chi connectivity index (χ4v) is 1.54. The van der Waals surface area contributed by atoms with E-state index in [1.54, 1.807) is 13.0 Å².